The number of hydrogen-bond donors (Lipinski definition) is 3. The highest BCUT2D eigenvalue weighted by Crippen LogP contribution is 2.37. The number of aromatic amines is 1. The minimum absolute atomic E-state index is 0.251. The van der Waals surface area contributed by atoms with Crippen LogP contribution in [0.4, 0.5) is 27.4 Å². The molecule has 3 N–H and O–H groups in total. The van der Waals surface area contributed by atoms with Gasteiger partial charge in [0.1, 0.15) is 29.2 Å². The average Bonchev–Trinajstić information content (AvgIpc) is 3.38. The summed E-state index contributed by atoms with van der Waals surface area (Å²) in [7, 11) is 4.95. The van der Waals surface area contributed by atoms with E-state index in [9.17, 15) is 9.18 Å². The largest absolute Gasteiger partial charge is 0.494 e. The Labute approximate surface area is 198 Å². The molecule has 0 spiro atoms. The fraction of sp³-hybridized carbons (Fsp3) is 0.174. The molecule has 4 aromatic heterocycles. The number of H-pyrrole nitrogens is 1. The van der Waals surface area contributed by atoms with E-state index in [1.54, 1.807) is 51.3 Å². The molecule has 5 aromatic rings. The van der Waals surface area contributed by atoms with Crippen LogP contribution in [0.3, 0.4) is 0 Å². The van der Waals surface area contributed by atoms with Gasteiger partial charge in [0.05, 0.1) is 30.2 Å². The second-order valence-corrected chi connectivity index (χ2v) is 7.95. The number of nitrogens with zero attached hydrogens (tertiary/aromatic N) is 6. The van der Waals surface area contributed by atoms with Crippen LogP contribution in [0, 0.1) is 12.7 Å². The molecule has 0 unspecified atom stereocenters. The van der Waals surface area contributed by atoms with Gasteiger partial charge in [-0.1, -0.05) is 6.07 Å². The molecular weight excluding hydrogens is 453 g/mol. The molecule has 0 amide bonds. The lowest BCUT2D eigenvalue weighted by atomic mass is 10.1. The topological polar surface area (TPSA) is 128 Å². The van der Waals surface area contributed by atoms with Crippen molar-refractivity contribution in [2.24, 2.45) is 14.1 Å². The highest BCUT2D eigenvalue weighted by atomic mass is 19.1. The predicted octanol–water partition coefficient (Wildman–Crippen LogP) is 3.40. The summed E-state index contributed by atoms with van der Waals surface area (Å²) in [6, 6.07) is 8.78. The molecule has 0 atom stereocenters. The minimum atomic E-state index is -0.400. The van der Waals surface area contributed by atoms with Crippen molar-refractivity contribution in [3.63, 3.8) is 0 Å². The molecule has 35 heavy (non-hydrogen) atoms. The summed E-state index contributed by atoms with van der Waals surface area (Å²) in [5.41, 5.74) is 2.34. The van der Waals surface area contributed by atoms with E-state index in [1.807, 2.05) is 18.2 Å². The Bertz CT molecular complexity index is 1620. The van der Waals surface area contributed by atoms with E-state index in [2.05, 4.69) is 35.8 Å². The summed E-state index contributed by atoms with van der Waals surface area (Å²) in [6.45, 7) is 1.65. The van der Waals surface area contributed by atoms with Crippen molar-refractivity contribution in [2.75, 3.05) is 17.7 Å². The van der Waals surface area contributed by atoms with E-state index in [4.69, 9.17) is 4.74 Å². The first-order valence-electron chi connectivity index (χ1n) is 10.6. The molecule has 12 heteroatoms. The van der Waals surface area contributed by atoms with Crippen LogP contribution in [0.2, 0.25) is 0 Å². The van der Waals surface area contributed by atoms with Gasteiger partial charge in [-0.05, 0) is 30.7 Å². The summed E-state index contributed by atoms with van der Waals surface area (Å²) in [6.07, 6.45) is 2.75. The van der Waals surface area contributed by atoms with Crippen molar-refractivity contribution in [1.82, 2.24) is 34.5 Å². The number of anilines is 4. The number of aryl methyl sites for hydroxylation is 3. The molecule has 1 aromatic carbocycles. The van der Waals surface area contributed by atoms with E-state index in [0.29, 0.717) is 56.7 Å². The number of benzene rings is 1. The molecule has 5 rings (SSSR count). The van der Waals surface area contributed by atoms with E-state index >= 15 is 0 Å². The Hall–Kier alpha value is -4.74. The maximum Gasteiger partial charge on any atom is 0.277 e. The molecule has 0 fully saturated rings. The van der Waals surface area contributed by atoms with Crippen LogP contribution in [0.1, 0.15) is 5.56 Å². The monoisotopic (exact) mass is 475 g/mol. The second kappa shape index (κ2) is 8.56. The predicted molar refractivity (Wildman–Crippen MR) is 130 cm³/mol. The zero-order valence-electron chi connectivity index (χ0n) is 19.4. The lowest BCUT2D eigenvalue weighted by molar-refractivity contribution is 0.418. The number of hydrogen-bond acceptors (Lipinski definition) is 8. The van der Waals surface area contributed by atoms with Crippen LogP contribution in [-0.4, -0.2) is 41.6 Å². The third-order valence-corrected chi connectivity index (χ3v) is 5.44. The van der Waals surface area contributed by atoms with E-state index in [0.717, 1.165) is 6.20 Å². The molecule has 0 aliphatic heterocycles. The van der Waals surface area contributed by atoms with E-state index < -0.39 is 5.82 Å². The summed E-state index contributed by atoms with van der Waals surface area (Å²) < 4.78 is 22.3. The fourth-order valence-electron chi connectivity index (χ4n) is 3.76. The number of rotatable bonds is 6. The molecule has 0 aliphatic carbocycles. The van der Waals surface area contributed by atoms with Crippen molar-refractivity contribution in [3.8, 4) is 17.1 Å². The van der Waals surface area contributed by atoms with Gasteiger partial charge in [0.2, 0.25) is 0 Å². The highest BCUT2D eigenvalue weighted by molar-refractivity contribution is 5.94. The molecular formula is C23H22FN9O2. The van der Waals surface area contributed by atoms with Crippen LogP contribution >= 0.6 is 0 Å². The smallest absolute Gasteiger partial charge is 0.277 e. The van der Waals surface area contributed by atoms with Gasteiger partial charge in [-0.3, -0.25) is 19.3 Å². The molecule has 4 heterocycles. The average molecular weight is 475 g/mol. The molecule has 0 saturated heterocycles. The van der Waals surface area contributed by atoms with Crippen molar-refractivity contribution >= 4 is 34.0 Å². The van der Waals surface area contributed by atoms with Crippen molar-refractivity contribution < 1.29 is 9.13 Å². The van der Waals surface area contributed by atoms with Gasteiger partial charge in [0.25, 0.3) is 5.56 Å². The number of pyridine rings is 2. The number of aromatic nitrogens is 7. The first-order valence-corrected chi connectivity index (χ1v) is 10.6. The van der Waals surface area contributed by atoms with Gasteiger partial charge in [-0.2, -0.15) is 5.10 Å². The quantitative estimate of drug-likeness (QED) is 0.341. The maximum absolute atomic E-state index is 13.6. The van der Waals surface area contributed by atoms with Crippen LogP contribution in [0.25, 0.3) is 22.4 Å². The molecule has 178 valence electrons. The number of ether oxygens (including phenoxy) is 1. The number of nitrogens with one attached hydrogen (secondary N) is 3. The second-order valence-electron chi connectivity index (χ2n) is 7.95. The summed E-state index contributed by atoms with van der Waals surface area (Å²) in [5, 5.41) is 14.1. The van der Waals surface area contributed by atoms with Crippen LogP contribution in [0.15, 0.2) is 47.7 Å². The van der Waals surface area contributed by atoms with Gasteiger partial charge < -0.3 is 15.4 Å². The Balaban J connectivity index is 1.61. The van der Waals surface area contributed by atoms with Crippen molar-refractivity contribution in [2.45, 2.75) is 6.92 Å². The van der Waals surface area contributed by atoms with Crippen LogP contribution < -0.4 is 20.9 Å². The van der Waals surface area contributed by atoms with Gasteiger partial charge in [0, 0.05) is 20.2 Å². The van der Waals surface area contributed by atoms with Gasteiger partial charge in [-0.25, -0.2) is 19.3 Å². The van der Waals surface area contributed by atoms with Crippen LogP contribution in [-0.2, 0) is 14.1 Å². The highest BCUT2D eigenvalue weighted by Gasteiger charge is 2.18. The molecule has 0 aliphatic rings. The zero-order chi connectivity index (χ0) is 24.7. The Morgan fingerprint density at radius 2 is 1.91 bits per heavy atom. The third-order valence-electron chi connectivity index (χ3n) is 5.44. The van der Waals surface area contributed by atoms with Gasteiger partial charge in [-0.15, -0.1) is 0 Å². The number of fused-ring (bicyclic) bond motifs is 1. The zero-order valence-corrected chi connectivity index (χ0v) is 19.4. The maximum atomic E-state index is 13.6. The first kappa shape index (κ1) is 22.1. The van der Waals surface area contributed by atoms with E-state index in [1.165, 1.54) is 4.68 Å². The summed E-state index contributed by atoms with van der Waals surface area (Å²) in [5.74, 6) is 1.44. The fourth-order valence-corrected chi connectivity index (χ4v) is 3.76. The normalized spacial score (nSPS) is 11.1. The standard InChI is InChI=1S/C23H22FN9O2/c1-12-8-17(25-10-14(12)24)28-18-9-16(19-22(29-18)31-33(3)23(19)34)27-15-7-5-6-13(20(15)35-4)21-26-11-32(2)30-21/h5-11H,1-4H3,(H3,25,27,28,29,31). The molecule has 11 nitrogen and oxygen atoms in total. The van der Waals surface area contributed by atoms with Gasteiger partial charge >= 0.3 is 0 Å². The minimum Gasteiger partial charge on any atom is -0.494 e. The Morgan fingerprint density at radius 3 is 2.63 bits per heavy atom. The van der Waals surface area contributed by atoms with E-state index in [-0.39, 0.29) is 5.56 Å². The summed E-state index contributed by atoms with van der Waals surface area (Å²) in [4.78, 5) is 25.7. The molecule has 0 radical (unpaired) electrons. The summed E-state index contributed by atoms with van der Waals surface area (Å²) >= 11 is 0. The first-order chi connectivity index (χ1) is 16.8. The third kappa shape index (κ3) is 4.05. The number of halogens is 1. The lowest BCUT2D eigenvalue weighted by Crippen LogP contribution is -2.12. The number of para-hydroxylation sites is 1. The van der Waals surface area contributed by atoms with Crippen molar-refractivity contribution in [1.29, 1.82) is 0 Å². The Morgan fingerprint density at radius 1 is 1.09 bits per heavy atom. The molecule has 0 bridgehead atoms. The lowest BCUT2D eigenvalue weighted by Gasteiger charge is -2.15. The molecule has 0 saturated carbocycles. The van der Waals surface area contributed by atoms with Crippen LogP contribution in [0.5, 0.6) is 5.75 Å². The Kier molecular flexibility index (Phi) is 5.40. The van der Waals surface area contributed by atoms with Crippen molar-refractivity contribution in [3.05, 3.63) is 64.6 Å². The number of methoxy groups -OCH3 is 1. The SMILES string of the molecule is COc1c(Nc2cc(Nc3cc(C)c(F)cn3)nc3[nH]n(C)c(=O)c23)cccc1-c1ncn(C)n1. The van der Waals surface area contributed by atoms with Gasteiger partial charge in [0.15, 0.2) is 17.2 Å².